The van der Waals surface area contributed by atoms with Gasteiger partial charge in [0.15, 0.2) is 0 Å². The average molecular weight is 532 g/mol. The molecule has 0 bridgehead atoms. The molecule has 3 N–H and O–H groups in total. The molecule has 202 valence electrons. The van der Waals surface area contributed by atoms with E-state index in [4.69, 9.17) is 0 Å². The van der Waals surface area contributed by atoms with Crippen LogP contribution in [0.1, 0.15) is 50.5 Å². The van der Waals surface area contributed by atoms with Crippen molar-refractivity contribution < 1.29 is 32.3 Å². The Kier molecular flexibility index (Phi) is 6.67. The van der Waals surface area contributed by atoms with E-state index in [9.17, 15) is 37.6 Å². The van der Waals surface area contributed by atoms with Gasteiger partial charge in [-0.15, -0.1) is 0 Å². The average Bonchev–Trinajstić information content (AvgIpc) is 3.50. The summed E-state index contributed by atoms with van der Waals surface area (Å²) in [5.41, 5.74) is -0.112. The molecule has 9 nitrogen and oxygen atoms in total. The van der Waals surface area contributed by atoms with E-state index in [1.165, 1.54) is 0 Å². The molecule has 2 heterocycles. The lowest BCUT2D eigenvalue weighted by Gasteiger charge is -2.34. The first kappa shape index (κ1) is 26.2. The number of benzene rings is 1. The van der Waals surface area contributed by atoms with Crippen LogP contribution in [-0.4, -0.2) is 54.5 Å². The van der Waals surface area contributed by atoms with Gasteiger partial charge in [0.1, 0.15) is 12.1 Å². The SMILES string of the molecule is N#C[C@@H]1C[C@@]2(CN1)C(=O)N(C(=O)C(CC1CC1)NC(=O)C(NC(=O)C(F)(F)F)C1CCC1)c1ccccc12. The van der Waals surface area contributed by atoms with Crippen molar-refractivity contribution in [3.63, 3.8) is 0 Å². The summed E-state index contributed by atoms with van der Waals surface area (Å²) in [4.78, 5) is 53.6. The number of para-hydroxylation sites is 1. The van der Waals surface area contributed by atoms with Gasteiger partial charge in [0.05, 0.1) is 23.2 Å². The van der Waals surface area contributed by atoms with Crippen LogP contribution >= 0.6 is 0 Å². The first-order valence-electron chi connectivity index (χ1n) is 12.8. The molecule has 1 saturated heterocycles. The van der Waals surface area contributed by atoms with E-state index in [2.05, 4.69) is 16.7 Å². The van der Waals surface area contributed by atoms with Crippen LogP contribution in [0.5, 0.6) is 0 Å². The van der Waals surface area contributed by atoms with Gasteiger partial charge in [0.2, 0.25) is 11.8 Å². The van der Waals surface area contributed by atoms with Gasteiger partial charge in [-0.2, -0.15) is 18.4 Å². The fourth-order valence-electron chi connectivity index (χ4n) is 5.70. The molecular weight excluding hydrogens is 503 g/mol. The molecule has 38 heavy (non-hydrogen) atoms. The molecule has 2 saturated carbocycles. The molecule has 1 aromatic carbocycles. The number of rotatable bonds is 7. The van der Waals surface area contributed by atoms with E-state index >= 15 is 0 Å². The number of halogens is 3. The number of fused-ring (bicyclic) bond motifs is 2. The van der Waals surface area contributed by atoms with Crippen molar-refractivity contribution in [2.45, 2.75) is 74.7 Å². The minimum Gasteiger partial charge on any atom is -0.342 e. The van der Waals surface area contributed by atoms with Gasteiger partial charge in [-0.3, -0.25) is 19.2 Å². The minimum atomic E-state index is -5.15. The number of anilines is 1. The van der Waals surface area contributed by atoms with Gasteiger partial charge in [-0.05, 0) is 49.1 Å². The maximum atomic E-state index is 13.9. The molecule has 0 aromatic heterocycles. The predicted molar refractivity (Wildman–Crippen MR) is 127 cm³/mol. The number of hydrogen-bond acceptors (Lipinski definition) is 6. The molecule has 2 aliphatic carbocycles. The Bertz CT molecular complexity index is 1210. The zero-order valence-corrected chi connectivity index (χ0v) is 20.5. The Hall–Kier alpha value is -3.46. The third kappa shape index (κ3) is 4.64. The quantitative estimate of drug-likeness (QED) is 0.492. The number of nitrogens with zero attached hydrogens (tertiary/aromatic N) is 2. The standard InChI is InChI=1S/C26H28F3N5O4/c27-26(28,29)23(37)33-20(15-4-3-5-15)21(35)32-18(10-14-8-9-14)22(36)34-19-7-2-1-6-17(19)25(24(34)38)11-16(12-30)31-13-25/h1-2,6-7,14-16,18,20,31H,3-5,8-11,13H2,(H,32,35)(H,33,37)/t16-,18?,20?,25-/m0/s1. The zero-order chi connectivity index (χ0) is 27.2. The maximum Gasteiger partial charge on any atom is 0.471 e. The molecule has 4 atom stereocenters. The number of imide groups is 1. The van der Waals surface area contributed by atoms with Gasteiger partial charge in [0, 0.05) is 6.54 Å². The first-order valence-corrected chi connectivity index (χ1v) is 12.8. The second-order valence-corrected chi connectivity index (χ2v) is 10.7. The lowest BCUT2D eigenvalue weighted by atomic mass is 9.79. The van der Waals surface area contributed by atoms with Crippen molar-refractivity contribution in [1.82, 2.24) is 16.0 Å². The van der Waals surface area contributed by atoms with Crippen molar-refractivity contribution in [2.24, 2.45) is 11.8 Å². The van der Waals surface area contributed by atoms with Crippen LogP contribution in [0, 0.1) is 23.2 Å². The molecule has 1 spiro atoms. The van der Waals surface area contributed by atoms with Crippen molar-refractivity contribution in [2.75, 3.05) is 11.4 Å². The van der Waals surface area contributed by atoms with Crippen LogP contribution < -0.4 is 20.9 Å². The molecule has 4 amide bonds. The highest BCUT2D eigenvalue weighted by atomic mass is 19.4. The second-order valence-electron chi connectivity index (χ2n) is 10.7. The number of hydrogen-bond donors (Lipinski definition) is 3. The van der Waals surface area contributed by atoms with E-state index in [0.29, 0.717) is 24.1 Å². The number of carbonyl (C=O) groups excluding carboxylic acids is 4. The molecule has 5 rings (SSSR count). The monoisotopic (exact) mass is 531 g/mol. The fourth-order valence-corrected chi connectivity index (χ4v) is 5.70. The Morgan fingerprint density at radius 3 is 2.45 bits per heavy atom. The Morgan fingerprint density at radius 2 is 1.87 bits per heavy atom. The number of amides is 4. The van der Waals surface area contributed by atoms with E-state index < -0.39 is 59.3 Å². The summed E-state index contributed by atoms with van der Waals surface area (Å²) in [6.07, 6.45) is -1.39. The lowest BCUT2D eigenvalue weighted by Crippen LogP contribution is -2.59. The lowest BCUT2D eigenvalue weighted by molar-refractivity contribution is -0.175. The van der Waals surface area contributed by atoms with E-state index in [-0.39, 0.29) is 25.3 Å². The minimum absolute atomic E-state index is 0.134. The second kappa shape index (κ2) is 9.69. The normalized spacial score (nSPS) is 26.3. The molecule has 2 aliphatic heterocycles. The number of alkyl halides is 3. The third-order valence-corrected chi connectivity index (χ3v) is 8.18. The highest BCUT2D eigenvalue weighted by Crippen LogP contribution is 2.47. The summed E-state index contributed by atoms with van der Waals surface area (Å²) in [7, 11) is 0. The van der Waals surface area contributed by atoms with Crippen LogP contribution in [0.4, 0.5) is 18.9 Å². The number of nitrogens with one attached hydrogen (secondary N) is 3. The zero-order valence-electron chi connectivity index (χ0n) is 20.5. The van der Waals surface area contributed by atoms with Gasteiger partial charge >= 0.3 is 12.1 Å². The van der Waals surface area contributed by atoms with E-state index in [1.54, 1.807) is 24.3 Å². The predicted octanol–water partition coefficient (Wildman–Crippen LogP) is 1.82. The highest BCUT2D eigenvalue weighted by molar-refractivity contribution is 6.24. The summed E-state index contributed by atoms with van der Waals surface area (Å²) in [6, 6.07) is 5.77. The summed E-state index contributed by atoms with van der Waals surface area (Å²) < 4.78 is 38.8. The van der Waals surface area contributed by atoms with Crippen molar-refractivity contribution in [1.29, 1.82) is 5.26 Å². The largest absolute Gasteiger partial charge is 0.471 e. The first-order chi connectivity index (χ1) is 18.0. The van der Waals surface area contributed by atoms with E-state index in [0.717, 1.165) is 24.2 Å². The summed E-state index contributed by atoms with van der Waals surface area (Å²) in [6.45, 7) is 0.178. The fraction of sp³-hybridized carbons (Fsp3) is 0.577. The topological polar surface area (TPSA) is 131 Å². The van der Waals surface area contributed by atoms with Crippen LogP contribution in [0.3, 0.4) is 0 Å². The van der Waals surface area contributed by atoms with Crippen molar-refractivity contribution in [3.05, 3.63) is 29.8 Å². The molecule has 4 aliphatic rings. The van der Waals surface area contributed by atoms with Crippen molar-refractivity contribution >= 4 is 29.3 Å². The van der Waals surface area contributed by atoms with Gasteiger partial charge < -0.3 is 16.0 Å². The van der Waals surface area contributed by atoms with Gasteiger partial charge in [-0.1, -0.05) is 37.5 Å². The Morgan fingerprint density at radius 1 is 1.16 bits per heavy atom. The van der Waals surface area contributed by atoms with Gasteiger partial charge in [-0.25, -0.2) is 4.90 Å². The molecule has 3 fully saturated rings. The summed E-state index contributed by atoms with van der Waals surface area (Å²) >= 11 is 0. The summed E-state index contributed by atoms with van der Waals surface area (Å²) in [5.74, 6) is -4.58. The maximum absolute atomic E-state index is 13.9. The third-order valence-electron chi connectivity index (χ3n) is 8.18. The van der Waals surface area contributed by atoms with Crippen LogP contribution in [0.2, 0.25) is 0 Å². The van der Waals surface area contributed by atoms with Crippen LogP contribution in [-0.2, 0) is 24.6 Å². The summed E-state index contributed by atoms with van der Waals surface area (Å²) in [5, 5.41) is 16.8. The molecular formula is C26H28F3N5O4. The van der Waals surface area contributed by atoms with E-state index in [1.807, 2.05) is 5.32 Å². The Balaban J connectivity index is 1.41. The smallest absolute Gasteiger partial charge is 0.342 e. The number of nitriles is 1. The Labute approximate surface area is 217 Å². The molecule has 2 unspecified atom stereocenters. The molecule has 12 heteroatoms. The van der Waals surface area contributed by atoms with Crippen LogP contribution in [0.15, 0.2) is 24.3 Å². The van der Waals surface area contributed by atoms with Gasteiger partial charge in [0.25, 0.3) is 5.91 Å². The van der Waals surface area contributed by atoms with Crippen molar-refractivity contribution in [3.8, 4) is 6.07 Å². The molecule has 0 radical (unpaired) electrons. The van der Waals surface area contributed by atoms with Crippen LogP contribution in [0.25, 0.3) is 0 Å². The number of carbonyl (C=O) groups is 4. The molecule has 1 aromatic rings. The highest BCUT2D eigenvalue weighted by Gasteiger charge is 2.57.